The van der Waals surface area contributed by atoms with Crippen molar-refractivity contribution >= 4 is 5.91 Å². The van der Waals surface area contributed by atoms with Crippen LogP contribution >= 0.6 is 0 Å². The van der Waals surface area contributed by atoms with Gasteiger partial charge in [-0.2, -0.15) is 0 Å². The molecule has 0 saturated heterocycles. The van der Waals surface area contributed by atoms with Crippen molar-refractivity contribution in [1.29, 1.82) is 0 Å². The van der Waals surface area contributed by atoms with Gasteiger partial charge < -0.3 is 19.2 Å². The predicted octanol–water partition coefficient (Wildman–Crippen LogP) is 2.81. The third-order valence-electron chi connectivity index (χ3n) is 3.35. The molecular weight excluding hydrogens is 258 g/mol. The molecule has 20 heavy (non-hydrogen) atoms. The molecule has 1 aromatic carbocycles. The van der Waals surface area contributed by atoms with E-state index in [2.05, 4.69) is 5.32 Å². The highest BCUT2D eigenvalue weighted by atomic mass is 16.7. The molecule has 104 valence electrons. The maximum Gasteiger partial charge on any atom is 0.255 e. The number of carbonyl (C=O) groups is 1. The first-order chi connectivity index (χ1) is 9.65. The molecule has 1 aromatic heterocycles. The highest BCUT2D eigenvalue weighted by Crippen LogP contribution is 2.34. The smallest absolute Gasteiger partial charge is 0.255 e. The molecule has 1 atom stereocenters. The second-order valence-electron chi connectivity index (χ2n) is 4.70. The number of fused-ring (bicyclic) bond motifs is 1. The summed E-state index contributed by atoms with van der Waals surface area (Å²) in [5.41, 5.74) is 1.52. The fourth-order valence-corrected chi connectivity index (χ4v) is 2.16. The summed E-state index contributed by atoms with van der Waals surface area (Å²) in [4.78, 5) is 12.1. The van der Waals surface area contributed by atoms with Crippen LogP contribution in [0, 0.1) is 6.92 Å². The number of ether oxygens (including phenoxy) is 2. The van der Waals surface area contributed by atoms with Gasteiger partial charge in [0.1, 0.15) is 5.76 Å². The van der Waals surface area contributed by atoms with Crippen molar-refractivity contribution in [3.05, 3.63) is 47.4 Å². The Morgan fingerprint density at radius 2 is 2.05 bits per heavy atom. The Balaban J connectivity index is 1.75. The van der Waals surface area contributed by atoms with E-state index in [1.165, 1.54) is 6.26 Å². The average molecular weight is 273 g/mol. The van der Waals surface area contributed by atoms with Crippen LogP contribution in [-0.2, 0) is 0 Å². The first kappa shape index (κ1) is 12.6. The molecule has 0 aliphatic carbocycles. The molecule has 1 N–H and O–H groups in total. The third kappa shape index (κ3) is 2.22. The van der Waals surface area contributed by atoms with Crippen molar-refractivity contribution in [1.82, 2.24) is 5.32 Å². The molecule has 0 unspecified atom stereocenters. The highest BCUT2D eigenvalue weighted by molar-refractivity contribution is 5.95. The summed E-state index contributed by atoms with van der Waals surface area (Å²) in [5, 5.41) is 2.94. The number of hydrogen-bond acceptors (Lipinski definition) is 4. The lowest BCUT2D eigenvalue weighted by Gasteiger charge is -2.14. The molecule has 5 nitrogen and oxygen atoms in total. The maximum atomic E-state index is 12.1. The van der Waals surface area contributed by atoms with E-state index >= 15 is 0 Å². The first-order valence-corrected chi connectivity index (χ1v) is 6.39. The van der Waals surface area contributed by atoms with E-state index in [1.54, 1.807) is 13.0 Å². The Labute approximate surface area is 116 Å². The summed E-state index contributed by atoms with van der Waals surface area (Å²) < 4.78 is 15.7. The quantitative estimate of drug-likeness (QED) is 0.934. The van der Waals surface area contributed by atoms with Crippen molar-refractivity contribution in [3.63, 3.8) is 0 Å². The summed E-state index contributed by atoms with van der Waals surface area (Å²) in [6.45, 7) is 3.93. The number of furan rings is 1. The first-order valence-electron chi connectivity index (χ1n) is 6.39. The van der Waals surface area contributed by atoms with Gasteiger partial charge in [-0.1, -0.05) is 6.07 Å². The van der Waals surface area contributed by atoms with Gasteiger partial charge in [-0.15, -0.1) is 0 Å². The van der Waals surface area contributed by atoms with Gasteiger partial charge in [-0.3, -0.25) is 4.79 Å². The summed E-state index contributed by atoms with van der Waals surface area (Å²) in [6.07, 6.45) is 1.51. The van der Waals surface area contributed by atoms with Gasteiger partial charge in [0, 0.05) is 0 Å². The standard InChI is InChI=1S/C15H15NO4/c1-9(16-15(17)12-5-6-18-10(12)2)11-3-4-13-14(7-11)20-8-19-13/h3-7,9H,8H2,1-2H3,(H,16,17)/t9-/m0/s1. The molecule has 0 spiro atoms. The van der Waals surface area contributed by atoms with Gasteiger partial charge >= 0.3 is 0 Å². The van der Waals surface area contributed by atoms with Gasteiger partial charge in [0.15, 0.2) is 11.5 Å². The average Bonchev–Trinajstić information content (AvgIpc) is 3.05. The van der Waals surface area contributed by atoms with Gasteiger partial charge in [0.25, 0.3) is 5.91 Å². The van der Waals surface area contributed by atoms with Crippen LogP contribution in [0.1, 0.15) is 34.6 Å². The molecule has 0 fully saturated rings. The number of nitrogens with one attached hydrogen (secondary N) is 1. The summed E-state index contributed by atoms with van der Waals surface area (Å²) in [5.74, 6) is 1.91. The van der Waals surface area contributed by atoms with Crippen LogP contribution in [0.2, 0.25) is 0 Å². The van der Waals surface area contributed by atoms with E-state index < -0.39 is 0 Å². The lowest BCUT2D eigenvalue weighted by Crippen LogP contribution is -2.26. The van der Waals surface area contributed by atoms with Crippen LogP contribution in [0.3, 0.4) is 0 Å². The second-order valence-corrected chi connectivity index (χ2v) is 4.70. The molecule has 3 rings (SSSR count). The maximum absolute atomic E-state index is 12.1. The molecular formula is C15H15NO4. The number of amides is 1. The molecule has 2 aromatic rings. The van der Waals surface area contributed by atoms with E-state index in [9.17, 15) is 4.79 Å². The Kier molecular flexibility index (Phi) is 3.10. The van der Waals surface area contributed by atoms with E-state index in [4.69, 9.17) is 13.9 Å². The molecule has 1 aliphatic rings. The molecule has 0 saturated carbocycles. The van der Waals surface area contributed by atoms with Gasteiger partial charge in [-0.05, 0) is 37.6 Å². The van der Waals surface area contributed by atoms with Crippen molar-refractivity contribution in [3.8, 4) is 11.5 Å². The van der Waals surface area contributed by atoms with Gasteiger partial charge in [0.05, 0.1) is 17.9 Å². The lowest BCUT2D eigenvalue weighted by molar-refractivity contribution is 0.0938. The molecule has 5 heteroatoms. The van der Waals surface area contributed by atoms with Crippen molar-refractivity contribution < 1.29 is 18.7 Å². The van der Waals surface area contributed by atoms with Crippen molar-refractivity contribution in [2.45, 2.75) is 19.9 Å². The van der Waals surface area contributed by atoms with Crippen molar-refractivity contribution in [2.24, 2.45) is 0 Å². The summed E-state index contributed by atoms with van der Waals surface area (Å²) in [7, 11) is 0. The van der Waals surface area contributed by atoms with Crippen LogP contribution in [0.5, 0.6) is 11.5 Å². The Hall–Kier alpha value is -2.43. The number of benzene rings is 1. The van der Waals surface area contributed by atoms with Crippen molar-refractivity contribution in [2.75, 3.05) is 6.79 Å². The molecule has 1 amide bonds. The molecule has 2 heterocycles. The van der Waals surface area contributed by atoms with Crippen LogP contribution < -0.4 is 14.8 Å². The predicted molar refractivity (Wildman–Crippen MR) is 71.9 cm³/mol. The minimum Gasteiger partial charge on any atom is -0.469 e. The second kappa shape index (κ2) is 4.92. The van der Waals surface area contributed by atoms with Crippen LogP contribution in [0.4, 0.5) is 0 Å². The number of carbonyl (C=O) groups excluding carboxylic acids is 1. The fourth-order valence-electron chi connectivity index (χ4n) is 2.16. The van der Waals surface area contributed by atoms with Gasteiger partial charge in [0.2, 0.25) is 6.79 Å². The number of aryl methyl sites for hydroxylation is 1. The molecule has 1 aliphatic heterocycles. The summed E-state index contributed by atoms with van der Waals surface area (Å²) in [6, 6.07) is 7.18. The van der Waals surface area contributed by atoms with Crippen LogP contribution in [0.25, 0.3) is 0 Å². The monoisotopic (exact) mass is 273 g/mol. The Morgan fingerprint density at radius 3 is 2.80 bits per heavy atom. The lowest BCUT2D eigenvalue weighted by atomic mass is 10.1. The van der Waals surface area contributed by atoms with E-state index in [0.717, 1.165) is 11.3 Å². The molecule has 0 bridgehead atoms. The minimum atomic E-state index is -0.151. The van der Waals surface area contributed by atoms with Crippen LogP contribution in [0.15, 0.2) is 34.9 Å². The highest BCUT2D eigenvalue weighted by Gasteiger charge is 2.18. The normalized spacial score (nSPS) is 14.1. The van der Waals surface area contributed by atoms with E-state index in [1.807, 2.05) is 25.1 Å². The zero-order valence-electron chi connectivity index (χ0n) is 11.3. The fraction of sp³-hybridized carbons (Fsp3) is 0.267. The molecule has 0 radical (unpaired) electrons. The zero-order chi connectivity index (χ0) is 14.1. The number of hydrogen-bond donors (Lipinski definition) is 1. The largest absolute Gasteiger partial charge is 0.469 e. The third-order valence-corrected chi connectivity index (χ3v) is 3.35. The van der Waals surface area contributed by atoms with Gasteiger partial charge in [-0.25, -0.2) is 0 Å². The van der Waals surface area contributed by atoms with E-state index in [-0.39, 0.29) is 18.7 Å². The van der Waals surface area contributed by atoms with E-state index in [0.29, 0.717) is 17.1 Å². The zero-order valence-corrected chi connectivity index (χ0v) is 11.3. The Bertz CT molecular complexity index is 647. The number of rotatable bonds is 3. The Morgan fingerprint density at radius 1 is 1.25 bits per heavy atom. The SMILES string of the molecule is Cc1occc1C(=O)N[C@@H](C)c1ccc2c(c1)OCO2. The topological polar surface area (TPSA) is 60.7 Å². The summed E-state index contributed by atoms with van der Waals surface area (Å²) >= 11 is 0. The minimum absolute atomic E-state index is 0.133. The van der Waals surface area contributed by atoms with Crippen LogP contribution in [-0.4, -0.2) is 12.7 Å².